The highest BCUT2D eigenvalue weighted by Gasteiger charge is 2.27. The monoisotopic (exact) mass is 333 g/mol. The topological polar surface area (TPSA) is 86.5 Å². The minimum atomic E-state index is -4.26. The minimum absolute atomic E-state index is 0.184. The van der Waals surface area contributed by atoms with Crippen molar-refractivity contribution in [3.8, 4) is 5.75 Å². The van der Waals surface area contributed by atoms with Crippen molar-refractivity contribution in [1.29, 1.82) is 0 Å². The third-order valence-electron chi connectivity index (χ3n) is 3.86. The van der Waals surface area contributed by atoms with Crippen LogP contribution in [0.5, 0.6) is 5.75 Å². The molecular formula is C16H15NO5S. The molecule has 2 aromatic rings. The van der Waals surface area contributed by atoms with Crippen LogP contribution in [0.1, 0.15) is 24.0 Å². The number of hydrogen-bond donors (Lipinski definition) is 0. The number of para-hydroxylation sites is 1. The highest BCUT2D eigenvalue weighted by Crippen LogP contribution is 2.29. The van der Waals surface area contributed by atoms with Crippen LogP contribution in [-0.4, -0.2) is 13.3 Å². The number of nitro groups is 1. The minimum Gasteiger partial charge on any atom is -0.379 e. The molecule has 0 atom stereocenters. The summed E-state index contributed by atoms with van der Waals surface area (Å²) in [7, 11) is -4.26. The molecular weight excluding hydrogens is 318 g/mol. The molecule has 0 unspecified atom stereocenters. The maximum absolute atomic E-state index is 12.4. The zero-order valence-corrected chi connectivity index (χ0v) is 13.1. The van der Waals surface area contributed by atoms with Gasteiger partial charge < -0.3 is 4.18 Å². The Morgan fingerprint density at radius 1 is 1.00 bits per heavy atom. The predicted octanol–water partition coefficient (Wildman–Crippen LogP) is 3.24. The van der Waals surface area contributed by atoms with Gasteiger partial charge in [-0.2, -0.15) is 8.42 Å². The fourth-order valence-electron chi connectivity index (χ4n) is 2.75. The number of benzene rings is 2. The molecule has 0 saturated heterocycles. The SMILES string of the molecule is O=[N+]([O-])c1ccccc1S(=O)(=O)Oc1ccc2c(c1)CCCC2. The Hall–Kier alpha value is -2.41. The molecule has 23 heavy (non-hydrogen) atoms. The first-order valence-corrected chi connectivity index (χ1v) is 8.68. The Labute approximate surface area is 134 Å². The van der Waals surface area contributed by atoms with Gasteiger partial charge in [-0.1, -0.05) is 18.2 Å². The van der Waals surface area contributed by atoms with E-state index in [0.717, 1.165) is 37.3 Å². The second-order valence-corrected chi connectivity index (χ2v) is 6.91. The summed E-state index contributed by atoms with van der Waals surface area (Å²) in [5.41, 5.74) is 1.78. The van der Waals surface area contributed by atoms with Gasteiger partial charge in [0.05, 0.1) is 4.92 Å². The molecule has 1 aliphatic rings. The van der Waals surface area contributed by atoms with Crippen molar-refractivity contribution >= 4 is 15.8 Å². The summed E-state index contributed by atoms with van der Waals surface area (Å²) in [5.74, 6) is 0.184. The second-order valence-electron chi connectivity index (χ2n) is 5.40. The highest BCUT2D eigenvalue weighted by molar-refractivity contribution is 7.87. The van der Waals surface area contributed by atoms with E-state index in [-0.39, 0.29) is 5.75 Å². The maximum Gasteiger partial charge on any atom is 0.346 e. The summed E-state index contributed by atoms with van der Waals surface area (Å²) in [6, 6.07) is 10.3. The lowest BCUT2D eigenvalue weighted by atomic mass is 9.92. The third-order valence-corrected chi connectivity index (χ3v) is 5.15. The van der Waals surface area contributed by atoms with Crippen molar-refractivity contribution in [3.63, 3.8) is 0 Å². The molecule has 2 aromatic carbocycles. The molecule has 0 fully saturated rings. The normalized spacial score (nSPS) is 14.1. The van der Waals surface area contributed by atoms with Gasteiger partial charge in [-0.15, -0.1) is 0 Å². The molecule has 0 bridgehead atoms. The zero-order chi connectivity index (χ0) is 16.4. The van der Waals surface area contributed by atoms with Crippen molar-refractivity contribution in [3.05, 3.63) is 63.7 Å². The summed E-state index contributed by atoms with van der Waals surface area (Å²) >= 11 is 0. The van der Waals surface area contributed by atoms with Crippen LogP contribution >= 0.6 is 0 Å². The van der Waals surface area contributed by atoms with Gasteiger partial charge in [0, 0.05) is 6.07 Å². The lowest BCUT2D eigenvalue weighted by Crippen LogP contribution is -2.12. The van der Waals surface area contributed by atoms with E-state index in [4.69, 9.17) is 4.18 Å². The fraction of sp³-hybridized carbons (Fsp3) is 0.250. The van der Waals surface area contributed by atoms with Gasteiger partial charge in [-0.3, -0.25) is 10.1 Å². The molecule has 0 radical (unpaired) electrons. The van der Waals surface area contributed by atoms with E-state index in [9.17, 15) is 18.5 Å². The van der Waals surface area contributed by atoms with Gasteiger partial charge in [0.15, 0.2) is 4.90 Å². The number of rotatable bonds is 4. The van der Waals surface area contributed by atoms with Crippen molar-refractivity contribution in [2.75, 3.05) is 0 Å². The molecule has 120 valence electrons. The smallest absolute Gasteiger partial charge is 0.346 e. The van der Waals surface area contributed by atoms with Gasteiger partial charge in [-0.25, -0.2) is 0 Å². The molecule has 6 nitrogen and oxygen atoms in total. The van der Waals surface area contributed by atoms with Crippen LogP contribution in [0.25, 0.3) is 0 Å². The number of fused-ring (bicyclic) bond motifs is 1. The quantitative estimate of drug-likeness (QED) is 0.487. The third kappa shape index (κ3) is 3.19. The zero-order valence-electron chi connectivity index (χ0n) is 12.3. The van der Waals surface area contributed by atoms with E-state index in [0.29, 0.717) is 0 Å². The summed E-state index contributed by atoms with van der Waals surface area (Å²) in [4.78, 5) is 9.82. The van der Waals surface area contributed by atoms with Crippen LogP contribution in [0.2, 0.25) is 0 Å². The highest BCUT2D eigenvalue weighted by atomic mass is 32.2. The Morgan fingerprint density at radius 2 is 1.70 bits per heavy atom. The summed E-state index contributed by atoms with van der Waals surface area (Å²) in [6.45, 7) is 0. The summed E-state index contributed by atoms with van der Waals surface area (Å²) < 4.78 is 29.8. The lowest BCUT2D eigenvalue weighted by Gasteiger charge is -2.16. The molecule has 1 aliphatic carbocycles. The van der Waals surface area contributed by atoms with Gasteiger partial charge in [-0.05, 0) is 55.0 Å². The Balaban J connectivity index is 1.94. The van der Waals surface area contributed by atoms with Crippen LogP contribution in [-0.2, 0) is 23.0 Å². The standard InChI is InChI=1S/C16H15NO5S/c18-17(19)15-7-3-4-8-16(15)23(20,21)22-14-10-9-12-5-1-2-6-13(12)11-14/h3-4,7-11H,1-2,5-6H2. The van der Waals surface area contributed by atoms with Crippen molar-refractivity contribution in [2.45, 2.75) is 30.6 Å². The molecule has 0 saturated carbocycles. The number of nitrogens with zero attached hydrogens (tertiary/aromatic N) is 1. The maximum atomic E-state index is 12.4. The van der Waals surface area contributed by atoms with Crippen LogP contribution in [0.15, 0.2) is 47.4 Å². The average molecular weight is 333 g/mol. The van der Waals surface area contributed by atoms with Crippen molar-refractivity contribution < 1.29 is 17.5 Å². The molecule has 0 amide bonds. The Kier molecular flexibility index (Phi) is 4.04. The lowest BCUT2D eigenvalue weighted by molar-refractivity contribution is -0.387. The van der Waals surface area contributed by atoms with E-state index in [2.05, 4.69) is 0 Å². The molecule has 0 spiro atoms. The second kappa shape index (κ2) is 6.00. The largest absolute Gasteiger partial charge is 0.379 e. The fourth-order valence-corrected chi connectivity index (χ4v) is 3.84. The molecule has 7 heteroatoms. The van der Waals surface area contributed by atoms with E-state index in [1.165, 1.54) is 23.8 Å². The Morgan fingerprint density at radius 3 is 2.43 bits per heavy atom. The average Bonchev–Trinajstić information content (AvgIpc) is 2.54. The molecule has 0 aromatic heterocycles. The van der Waals surface area contributed by atoms with E-state index in [1.807, 2.05) is 6.07 Å². The molecule has 0 aliphatic heterocycles. The molecule has 0 heterocycles. The first kappa shape index (κ1) is 15.5. The molecule has 3 rings (SSSR count). The van der Waals surface area contributed by atoms with Crippen LogP contribution in [0, 0.1) is 10.1 Å². The van der Waals surface area contributed by atoms with Gasteiger partial charge in [0.1, 0.15) is 5.75 Å². The predicted molar refractivity (Wildman–Crippen MR) is 84.0 cm³/mol. The van der Waals surface area contributed by atoms with Gasteiger partial charge in [0.2, 0.25) is 0 Å². The first-order chi connectivity index (χ1) is 11.0. The van der Waals surface area contributed by atoms with E-state index < -0.39 is 25.6 Å². The van der Waals surface area contributed by atoms with Crippen LogP contribution < -0.4 is 4.18 Å². The van der Waals surface area contributed by atoms with E-state index in [1.54, 1.807) is 12.1 Å². The van der Waals surface area contributed by atoms with Crippen molar-refractivity contribution in [1.82, 2.24) is 0 Å². The summed E-state index contributed by atoms with van der Waals surface area (Å²) in [6.07, 6.45) is 4.06. The first-order valence-electron chi connectivity index (χ1n) is 7.27. The number of hydrogen-bond acceptors (Lipinski definition) is 5. The van der Waals surface area contributed by atoms with Crippen LogP contribution in [0.3, 0.4) is 0 Å². The Bertz CT molecular complexity index is 861. The summed E-state index contributed by atoms with van der Waals surface area (Å²) in [5, 5.41) is 11.0. The van der Waals surface area contributed by atoms with Crippen molar-refractivity contribution in [2.24, 2.45) is 0 Å². The van der Waals surface area contributed by atoms with Gasteiger partial charge in [0.25, 0.3) is 5.69 Å². The van der Waals surface area contributed by atoms with E-state index >= 15 is 0 Å². The number of aryl methyl sites for hydroxylation is 2. The number of nitro benzene ring substituents is 1. The van der Waals surface area contributed by atoms with Gasteiger partial charge >= 0.3 is 10.1 Å². The molecule has 0 N–H and O–H groups in total. The van der Waals surface area contributed by atoms with Crippen LogP contribution in [0.4, 0.5) is 5.69 Å².